The number of hydrogen-bond donors (Lipinski definition) is 2. The summed E-state index contributed by atoms with van der Waals surface area (Å²) in [7, 11) is 0. The zero-order chi connectivity index (χ0) is 21.7. The Labute approximate surface area is 177 Å². The fourth-order valence-electron chi connectivity index (χ4n) is 3.16. The van der Waals surface area contributed by atoms with Crippen LogP contribution >= 0.6 is 0 Å². The van der Waals surface area contributed by atoms with Crippen LogP contribution in [0, 0.1) is 5.92 Å². The van der Waals surface area contributed by atoms with E-state index in [0.717, 1.165) is 46.5 Å². The number of carbonyl (C=O) groups excluding carboxylic acids is 2. The summed E-state index contributed by atoms with van der Waals surface area (Å²) in [6.07, 6.45) is 1.65. The second kappa shape index (κ2) is 9.48. The SMILES string of the molecule is CCc1nc2ccc(C(=O)NCc3cccc(NC(=O)C(C)C)c3)cc2nc1CC. The van der Waals surface area contributed by atoms with Gasteiger partial charge in [0, 0.05) is 23.7 Å². The number of anilines is 1. The molecule has 0 aliphatic carbocycles. The zero-order valence-electron chi connectivity index (χ0n) is 18.0. The van der Waals surface area contributed by atoms with Crippen molar-refractivity contribution in [3.05, 3.63) is 65.0 Å². The van der Waals surface area contributed by atoms with Crippen LogP contribution in [0.4, 0.5) is 5.69 Å². The molecule has 0 unspecified atom stereocenters. The maximum atomic E-state index is 12.7. The summed E-state index contributed by atoms with van der Waals surface area (Å²) in [5.41, 5.74) is 5.69. The van der Waals surface area contributed by atoms with E-state index in [1.54, 1.807) is 12.1 Å². The average Bonchev–Trinajstić information content (AvgIpc) is 2.76. The molecule has 2 aromatic carbocycles. The summed E-state index contributed by atoms with van der Waals surface area (Å²) >= 11 is 0. The topological polar surface area (TPSA) is 84.0 Å². The summed E-state index contributed by atoms with van der Waals surface area (Å²) < 4.78 is 0. The Morgan fingerprint density at radius 2 is 1.63 bits per heavy atom. The minimum atomic E-state index is -0.173. The molecule has 1 heterocycles. The van der Waals surface area contributed by atoms with E-state index in [0.29, 0.717) is 12.1 Å². The molecule has 30 heavy (non-hydrogen) atoms. The van der Waals surface area contributed by atoms with Gasteiger partial charge in [-0.1, -0.05) is 39.8 Å². The van der Waals surface area contributed by atoms with Crippen molar-refractivity contribution in [2.24, 2.45) is 5.92 Å². The highest BCUT2D eigenvalue weighted by atomic mass is 16.2. The molecule has 0 spiro atoms. The van der Waals surface area contributed by atoms with Crippen LogP contribution in [0.1, 0.15) is 55.0 Å². The van der Waals surface area contributed by atoms with Crippen LogP contribution in [-0.4, -0.2) is 21.8 Å². The largest absolute Gasteiger partial charge is 0.348 e. The van der Waals surface area contributed by atoms with Gasteiger partial charge in [-0.05, 0) is 48.7 Å². The van der Waals surface area contributed by atoms with Gasteiger partial charge in [-0.25, -0.2) is 9.97 Å². The van der Waals surface area contributed by atoms with E-state index in [2.05, 4.69) is 29.5 Å². The van der Waals surface area contributed by atoms with Crippen molar-refractivity contribution >= 4 is 28.5 Å². The fourth-order valence-corrected chi connectivity index (χ4v) is 3.16. The number of carbonyl (C=O) groups is 2. The van der Waals surface area contributed by atoms with Crippen molar-refractivity contribution in [3.63, 3.8) is 0 Å². The molecule has 3 aromatic rings. The van der Waals surface area contributed by atoms with Gasteiger partial charge in [0.2, 0.25) is 5.91 Å². The van der Waals surface area contributed by atoms with E-state index in [1.165, 1.54) is 0 Å². The highest BCUT2D eigenvalue weighted by molar-refractivity contribution is 5.97. The van der Waals surface area contributed by atoms with Crippen molar-refractivity contribution in [3.8, 4) is 0 Å². The smallest absolute Gasteiger partial charge is 0.251 e. The summed E-state index contributed by atoms with van der Waals surface area (Å²) in [5.74, 6) is -0.301. The van der Waals surface area contributed by atoms with Crippen LogP contribution < -0.4 is 10.6 Å². The number of amides is 2. The molecular weight excluding hydrogens is 376 g/mol. The quantitative estimate of drug-likeness (QED) is 0.616. The first-order chi connectivity index (χ1) is 14.4. The molecule has 0 atom stereocenters. The minimum absolute atomic E-state index is 0.0360. The second-order valence-corrected chi connectivity index (χ2v) is 7.55. The third-order valence-electron chi connectivity index (χ3n) is 4.92. The van der Waals surface area contributed by atoms with Gasteiger partial charge in [-0.2, -0.15) is 0 Å². The van der Waals surface area contributed by atoms with E-state index >= 15 is 0 Å². The van der Waals surface area contributed by atoms with Crippen LogP contribution in [0.15, 0.2) is 42.5 Å². The van der Waals surface area contributed by atoms with E-state index in [9.17, 15) is 9.59 Å². The molecule has 0 saturated heterocycles. The number of benzene rings is 2. The van der Waals surface area contributed by atoms with Crippen LogP contribution in [-0.2, 0) is 24.2 Å². The fraction of sp³-hybridized carbons (Fsp3) is 0.333. The number of nitrogens with zero attached hydrogens (tertiary/aromatic N) is 2. The first kappa shape index (κ1) is 21.4. The maximum Gasteiger partial charge on any atom is 0.251 e. The first-order valence-corrected chi connectivity index (χ1v) is 10.4. The Balaban J connectivity index is 1.72. The second-order valence-electron chi connectivity index (χ2n) is 7.55. The van der Waals surface area contributed by atoms with Gasteiger partial charge < -0.3 is 10.6 Å². The minimum Gasteiger partial charge on any atom is -0.348 e. The molecule has 156 valence electrons. The van der Waals surface area contributed by atoms with Crippen LogP contribution in [0.3, 0.4) is 0 Å². The molecule has 0 aliphatic rings. The van der Waals surface area contributed by atoms with E-state index < -0.39 is 0 Å². The average molecular weight is 405 g/mol. The maximum absolute atomic E-state index is 12.7. The van der Waals surface area contributed by atoms with Crippen molar-refractivity contribution in [2.75, 3.05) is 5.32 Å². The van der Waals surface area contributed by atoms with E-state index in [1.807, 2.05) is 44.2 Å². The Hall–Kier alpha value is -3.28. The van der Waals surface area contributed by atoms with E-state index in [4.69, 9.17) is 4.98 Å². The molecule has 6 heteroatoms. The van der Waals surface area contributed by atoms with Crippen molar-refractivity contribution < 1.29 is 9.59 Å². The Kier molecular flexibility index (Phi) is 6.77. The van der Waals surface area contributed by atoms with Gasteiger partial charge >= 0.3 is 0 Å². The first-order valence-electron chi connectivity index (χ1n) is 10.4. The zero-order valence-corrected chi connectivity index (χ0v) is 18.0. The predicted octanol–water partition coefficient (Wildman–Crippen LogP) is 4.28. The molecular formula is C24H28N4O2. The van der Waals surface area contributed by atoms with Crippen molar-refractivity contribution in [1.82, 2.24) is 15.3 Å². The molecule has 3 rings (SSSR count). The standard InChI is InChI=1S/C24H28N4O2/c1-5-19-20(6-2)28-22-13-17(10-11-21(22)27-19)24(30)25-14-16-8-7-9-18(12-16)26-23(29)15(3)4/h7-13,15H,5-6,14H2,1-4H3,(H,25,30)(H,26,29). The predicted molar refractivity (Wildman–Crippen MR) is 119 cm³/mol. The van der Waals surface area contributed by atoms with Gasteiger partial charge in [0.25, 0.3) is 5.91 Å². The molecule has 0 fully saturated rings. The molecule has 1 aromatic heterocycles. The van der Waals surface area contributed by atoms with Crippen molar-refractivity contribution in [1.29, 1.82) is 0 Å². The normalized spacial score (nSPS) is 11.0. The molecule has 0 saturated carbocycles. The number of fused-ring (bicyclic) bond motifs is 1. The summed E-state index contributed by atoms with van der Waals surface area (Å²) in [5, 5.41) is 5.81. The lowest BCUT2D eigenvalue weighted by Gasteiger charge is -2.11. The molecule has 6 nitrogen and oxygen atoms in total. The molecule has 0 bridgehead atoms. The van der Waals surface area contributed by atoms with Gasteiger partial charge in [-0.3, -0.25) is 9.59 Å². The lowest BCUT2D eigenvalue weighted by molar-refractivity contribution is -0.118. The summed E-state index contributed by atoms with van der Waals surface area (Å²) in [6, 6.07) is 12.9. The Morgan fingerprint density at radius 3 is 2.30 bits per heavy atom. The Bertz CT molecular complexity index is 1080. The number of hydrogen-bond acceptors (Lipinski definition) is 4. The van der Waals surface area contributed by atoms with Gasteiger partial charge in [0.1, 0.15) is 0 Å². The molecule has 0 radical (unpaired) electrons. The molecule has 0 aliphatic heterocycles. The van der Waals surface area contributed by atoms with Crippen LogP contribution in [0.5, 0.6) is 0 Å². The van der Waals surface area contributed by atoms with Gasteiger partial charge in [0.05, 0.1) is 22.4 Å². The highest BCUT2D eigenvalue weighted by Crippen LogP contribution is 2.17. The number of rotatable bonds is 7. The lowest BCUT2D eigenvalue weighted by atomic mass is 10.1. The van der Waals surface area contributed by atoms with Gasteiger partial charge in [-0.15, -0.1) is 0 Å². The monoisotopic (exact) mass is 404 g/mol. The summed E-state index contributed by atoms with van der Waals surface area (Å²) in [6.45, 7) is 8.19. The van der Waals surface area contributed by atoms with Crippen molar-refractivity contribution in [2.45, 2.75) is 47.1 Å². The number of nitrogens with one attached hydrogen (secondary N) is 2. The Morgan fingerprint density at radius 1 is 0.933 bits per heavy atom. The third kappa shape index (κ3) is 5.00. The van der Waals surface area contributed by atoms with Crippen LogP contribution in [0.25, 0.3) is 11.0 Å². The van der Waals surface area contributed by atoms with E-state index in [-0.39, 0.29) is 17.7 Å². The lowest BCUT2D eigenvalue weighted by Crippen LogP contribution is -2.23. The third-order valence-corrected chi connectivity index (χ3v) is 4.92. The van der Waals surface area contributed by atoms with Crippen LogP contribution in [0.2, 0.25) is 0 Å². The number of aromatic nitrogens is 2. The molecule has 2 N–H and O–H groups in total. The van der Waals surface area contributed by atoms with Gasteiger partial charge in [0.15, 0.2) is 0 Å². The number of aryl methyl sites for hydroxylation is 2. The molecule has 2 amide bonds. The summed E-state index contributed by atoms with van der Waals surface area (Å²) in [4.78, 5) is 33.9. The highest BCUT2D eigenvalue weighted by Gasteiger charge is 2.11.